The molecule has 1 aliphatic rings. The van der Waals surface area contributed by atoms with Crippen LogP contribution in [-0.4, -0.2) is 27.0 Å². The van der Waals surface area contributed by atoms with Crippen molar-refractivity contribution in [1.82, 2.24) is 9.55 Å². The minimum atomic E-state index is -0.197. The zero-order valence-corrected chi connectivity index (χ0v) is 8.60. The predicted octanol–water partition coefficient (Wildman–Crippen LogP) is 0.486. The van der Waals surface area contributed by atoms with Crippen LogP contribution in [-0.2, 0) is 6.54 Å². The third kappa shape index (κ3) is 1.35. The van der Waals surface area contributed by atoms with Gasteiger partial charge in [0, 0.05) is 18.8 Å². The lowest BCUT2D eigenvalue weighted by Gasteiger charge is -2.07. The lowest BCUT2D eigenvalue weighted by molar-refractivity contribution is 0.439. The molecule has 0 radical (unpaired) electrons. The largest absolute Gasteiger partial charge is 0.492 e. The van der Waals surface area contributed by atoms with Crippen LogP contribution in [0, 0.1) is 0 Å². The van der Waals surface area contributed by atoms with Gasteiger partial charge in [-0.05, 0) is 6.92 Å². The lowest BCUT2D eigenvalue weighted by Crippen LogP contribution is -2.24. The maximum Gasteiger partial charge on any atom is 0.281 e. The molecule has 1 aromatic heterocycles. The van der Waals surface area contributed by atoms with Crippen molar-refractivity contribution in [2.24, 2.45) is 0 Å². The Morgan fingerprint density at radius 1 is 1.71 bits per heavy atom. The van der Waals surface area contributed by atoms with Crippen LogP contribution in [0.1, 0.15) is 6.92 Å². The molecule has 2 N–H and O–H groups in total. The van der Waals surface area contributed by atoms with Gasteiger partial charge in [0.05, 0.1) is 0 Å². The molecular formula is C8H11N3O2S. The predicted molar refractivity (Wildman–Crippen MR) is 55.0 cm³/mol. The Balaban J connectivity index is 2.57. The van der Waals surface area contributed by atoms with Gasteiger partial charge in [-0.25, -0.2) is 0 Å². The van der Waals surface area contributed by atoms with Crippen LogP contribution >= 0.6 is 11.8 Å². The molecule has 6 heteroatoms. The summed E-state index contributed by atoms with van der Waals surface area (Å²) in [5, 5.41) is 12.9. The quantitative estimate of drug-likeness (QED) is 0.700. The van der Waals surface area contributed by atoms with Gasteiger partial charge in [-0.1, -0.05) is 11.8 Å². The van der Waals surface area contributed by atoms with Gasteiger partial charge in [0.2, 0.25) is 5.88 Å². The number of hydrogen-bond donors (Lipinski definition) is 2. The van der Waals surface area contributed by atoms with E-state index in [0.29, 0.717) is 18.2 Å². The number of aromatic hydroxyl groups is 1. The number of nitrogens with one attached hydrogen (secondary N) is 1. The molecule has 0 bridgehead atoms. The van der Waals surface area contributed by atoms with Gasteiger partial charge in [0.15, 0.2) is 10.8 Å². The van der Waals surface area contributed by atoms with E-state index in [4.69, 9.17) is 0 Å². The first-order chi connectivity index (χ1) is 6.74. The van der Waals surface area contributed by atoms with Crippen LogP contribution in [0.25, 0.3) is 0 Å². The molecule has 5 nitrogen and oxygen atoms in total. The molecule has 0 fully saturated rings. The number of hydrogen-bond acceptors (Lipinski definition) is 5. The molecule has 0 amide bonds. The highest BCUT2D eigenvalue weighted by molar-refractivity contribution is 7.99. The second-order valence-corrected chi connectivity index (χ2v) is 3.99. The molecule has 2 heterocycles. The maximum absolute atomic E-state index is 11.8. The number of rotatable bonds is 2. The zero-order chi connectivity index (χ0) is 10.1. The number of nitrogens with zero attached hydrogens (tertiary/aromatic N) is 2. The van der Waals surface area contributed by atoms with Gasteiger partial charge in [-0.2, -0.15) is 4.98 Å². The highest BCUT2D eigenvalue weighted by atomic mass is 32.2. The van der Waals surface area contributed by atoms with Crippen molar-refractivity contribution >= 4 is 17.4 Å². The van der Waals surface area contributed by atoms with Crippen molar-refractivity contribution in [3.8, 4) is 5.88 Å². The van der Waals surface area contributed by atoms with E-state index in [1.165, 1.54) is 11.8 Å². The summed E-state index contributed by atoms with van der Waals surface area (Å²) in [5.41, 5.74) is 0.0260. The molecule has 76 valence electrons. The fourth-order valence-electron chi connectivity index (χ4n) is 1.39. The van der Waals surface area contributed by atoms with E-state index < -0.39 is 0 Å². The van der Waals surface area contributed by atoms with Crippen LogP contribution in [0.15, 0.2) is 9.95 Å². The molecule has 1 aliphatic heterocycles. The Kier molecular flexibility index (Phi) is 2.37. The van der Waals surface area contributed by atoms with E-state index in [9.17, 15) is 9.90 Å². The van der Waals surface area contributed by atoms with Crippen LogP contribution in [0.5, 0.6) is 5.88 Å². The fourth-order valence-corrected chi connectivity index (χ4v) is 2.33. The third-order valence-corrected chi connectivity index (χ3v) is 2.97. The van der Waals surface area contributed by atoms with Crippen molar-refractivity contribution in [1.29, 1.82) is 0 Å². The number of aromatic nitrogens is 2. The molecule has 0 unspecified atom stereocenters. The molecule has 0 spiro atoms. The highest BCUT2D eigenvalue weighted by Crippen LogP contribution is 2.26. The summed E-state index contributed by atoms with van der Waals surface area (Å²) in [5.74, 6) is 0.648. The highest BCUT2D eigenvalue weighted by Gasteiger charge is 2.19. The van der Waals surface area contributed by atoms with Gasteiger partial charge < -0.3 is 10.4 Å². The molecule has 0 saturated heterocycles. The molecule has 0 saturated carbocycles. The van der Waals surface area contributed by atoms with Crippen molar-refractivity contribution in [3.63, 3.8) is 0 Å². The van der Waals surface area contributed by atoms with E-state index in [0.717, 1.165) is 5.75 Å². The fraction of sp³-hybridized carbons (Fsp3) is 0.500. The summed E-state index contributed by atoms with van der Waals surface area (Å²) < 4.78 is 1.59. The Labute approximate surface area is 85.2 Å². The van der Waals surface area contributed by atoms with Crippen molar-refractivity contribution in [2.45, 2.75) is 18.6 Å². The van der Waals surface area contributed by atoms with Crippen LogP contribution < -0.4 is 10.9 Å². The molecular weight excluding hydrogens is 202 g/mol. The summed E-state index contributed by atoms with van der Waals surface area (Å²) in [7, 11) is 0. The van der Waals surface area contributed by atoms with Gasteiger partial charge >= 0.3 is 0 Å². The zero-order valence-electron chi connectivity index (χ0n) is 7.78. The lowest BCUT2D eigenvalue weighted by atomic mass is 10.4. The van der Waals surface area contributed by atoms with Crippen molar-refractivity contribution in [3.05, 3.63) is 10.4 Å². The first-order valence-electron chi connectivity index (χ1n) is 4.44. The first kappa shape index (κ1) is 9.39. The SMILES string of the molecule is CCNc1c(O)nc2n(c1=O)CCS2. The van der Waals surface area contributed by atoms with Gasteiger partial charge in [-0.3, -0.25) is 9.36 Å². The summed E-state index contributed by atoms with van der Waals surface area (Å²) in [6.07, 6.45) is 0. The molecule has 0 aliphatic carbocycles. The summed E-state index contributed by atoms with van der Waals surface area (Å²) in [6, 6.07) is 0. The van der Waals surface area contributed by atoms with E-state index >= 15 is 0 Å². The average molecular weight is 213 g/mol. The monoisotopic (exact) mass is 213 g/mol. The molecule has 1 aromatic rings. The van der Waals surface area contributed by atoms with Crippen molar-refractivity contribution < 1.29 is 5.11 Å². The molecule has 14 heavy (non-hydrogen) atoms. The number of fused-ring (bicyclic) bond motifs is 1. The Bertz CT molecular complexity index is 416. The summed E-state index contributed by atoms with van der Waals surface area (Å²) in [4.78, 5) is 15.7. The average Bonchev–Trinajstić information content (AvgIpc) is 2.60. The standard InChI is InChI=1S/C8H11N3O2S/c1-2-9-5-6(12)10-8-11(7(5)13)3-4-14-8/h9,12H,2-4H2,1H3. The third-order valence-electron chi connectivity index (χ3n) is 2.01. The Hall–Kier alpha value is -1.17. The van der Waals surface area contributed by atoms with Crippen LogP contribution in [0.3, 0.4) is 0 Å². The first-order valence-corrected chi connectivity index (χ1v) is 5.43. The molecule has 2 rings (SSSR count). The van der Waals surface area contributed by atoms with E-state index in [-0.39, 0.29) is 17.1 Å². The Morgan fingerprint density at radius 2 is 2.50 bits per heavy atom. The van der Waals surface area contributed by atoms with E-state index in [2.05, 4.69) is 10.3 Å². The second-order valence-electron chi connectivity index (χ2n) is 2.93. The molecule has 0 atom stereocenters. The number of thioether (sulfide) groups is 1. The van der Waals surface area contributed by atoms with Crippen LogP contribution in [0.2, 0.25) is 0 Å². The van der Waals surface area contributed by atoms with Crippen LogP contribution in [0.4, 0.5) is 5.69 Å². The summed E-state index contributed by atoms with van der Waals surface area (Å²) >= 11 is 1.49. The second kappa shape index (κ2) is 3.53. The van der Waals surface area contributed by atoms with Gasteiger partial charge in [0.1, 0.15) is 0 Å². The van der Waals surface area contributed by atoms with Gasteiger partial charge in [0.25, 0.3) is 5.56 Å². The Morgan fingerprint density at radius 3 is 3.21 bits per heavy atom. The van der Waals surface area contributed by atoms with E-state index in [1.54, 1.807) is 4.57 Å². The number of anilines is 1. The van der Waals surface area contributed by atoms with E-state index in [1.807, 2.05) is 6.92 Å². The minimum absolute atomic E-state index is 0.181. The summed E-state index contributed by atoms with van der Waals surface area (Å²) in [6.45, 7) is 3.13. The maximum atomic E-state index is 11.8. The van der Waals surface area contributed by atoms with Crippen molar-refractivity contribution in [2.75, 3.05) is 17.6 Å². The van der Waals surface area contributed by atoms with Gasteiger partial charge in [-0.15, -0.1) is 0 Å². The normalized spacial score (nSPS) is 14.1. The molecule has 0 aromatic carbocycles. The topological polar surface area (TPSA) is 67.2 Å². The minimum Gasteiger partial charge on any atom is -0.492 e. The smallest absolute Gasteiger partial charge is 0.281 e.